The molecule has 0 fully saturated rings. The van der Waals surface area contributed by atoms with Crippen molar-refractivity contribution in [3.63, 3.8) is 0 Å². The summed E-state index contributed by atoms with van der Waals surface area (Å²) >= 11 is 0. The van der Waals surface area contributed by atoms with Crippen molar-refractivity contribution in [1.29, 1.82) is 0 Å². The summed E-state index contributed by atoms with van der Waals surface area (Å²) in [5.41, 5.74) is 6.25. The number of benzene rings is 1. The topological polar surface area (TPSA) is 111 Å². The molecule has 0 unspecified atom stereocenters. The molecule has 2 atom stereocenters. The monoisotopic (exact) mass is 391 g/mol. The molecule has 0 heterocycles. The van der Waals surface area contributed by atoms with Gasteiger partial charge in [0.1, 0.15) is 12.6 Å². The fourth-order valence-corrected chi connectivity index (χ4v) is 2.86. The van der Waals surface area contributed by atoms with Crippen molar-refractivity contribution in [2.24, 2.45) is 11.7 Å². The quantitative estimate of drug-likeness (QED) is 0.509. The lowest BCUT2D eigenvalue weighted by molar-refractivity contribution is -0.127. The van der Waals surface area contributed by atoms with E-state index in [1.54, 1.807) is 0 Å². The number of unbranched alkanes of at least 4 members (excludes halogenated alkanes) is 1. The maximum atomic E-state index is 12.4. The van der Waals surface area contributed by atoms with Gasteiger partial charge in [0.2, 0.25) is 11.8 Å². The predicted molar refractivity (Wildman–Crippen MR) is 108 cm³/mol. The molecule has 3 amide bonds. The summed E-state index contributed by atoms with van der Waals surface area (Å²) in [6, 6.07) is 8.30. The number of carbonyl (C=O) groups excluding carboxylic acids is 3. The van der Waals surface area contributed by atoms with Crippen LogP contribution in [-0.2, 0) is 20.9 Å². The number of hydrogen-bond donors (Lipinski definition) is 3. The van der Waals surface area contributed by atoms with Gasteiger partial charge in [-0.15, -0.1) is 0 Å². The van der Waals surface area contributed by atoms with Crippen LogP contribution in [0.3, 0.4) is 0 Å². The van der Waals surface area contributed by atoms with Crippen LogP contribution in [0.4, 0.5) is 4.79 Å². The van der Waals surface area contributed by atoms with Crippen molar-refractivity contribution in [2.75, 3.05) is 0 Å². The van der Waals surface area contributed by atoms with E-state index >= 15 is 0 Å². The lowest BCUT2D eigenvalue weighted by Gasteiger charge is -2.22. The van der Waals surface area contributed by atoms with Crippen LogP contribution in [0.2, 0.25) is 0 Å². The van der Waals surface area contributed by atoms with Crippen LogP contribution < -0.4 is 16.4 Å². The summed E-state index contributed by atoms with van der Waals surface area (Å²) in [7, 11) is 0. The molecular formula is C21H33N3O4. The fourth-order valence-electron chi connectivity index (χ4n) is 2.86. The SMILES string of the molecule is CCCC[C@@H](NC(=O)C[C@H](CC(C)C)NC(=O)OCc1ccccc1)C(N)=O. The minimum Gasteiger partial charge on any atom is -0.445 e. The third-order valence-electron chi connectivity index (χ3n) is 4.25. The van der Waals surface area contributed by atoms with Gasteiger partial charge in [-0.3, -0.25) is 9.59 Å². The Balaban J connectivity index is 2.57. The minimum atomic E-state index is -0.683. The molecule has 7 heteroatoms. The number of amides is 3. The molecular weight excluding hydrogens is 358 g/mol. The zero-order valence-corrected chi connectivity index (χ0v) is 17.1. The molecule has 1 aromatic carbocycles. The minimum absolute atomic E-state index is 0.0640. The van der Waals surface area contributed by atoms with Crippen LogP contribution in [-0.4, -0.2) is 30.0 Å². The highest BCUT2D eigenvalue weighted by atomic mass is 16.5. The number of ether oxygens (including phenoxy) is 1. The highest BCUT2D eigenvalue weighted by Gasteiger charge is 2.22. The lowest BCUT2D eigenvalue weighted by atomic mass is 10.0. The number of carbonyl (C=O) groups is 3. The maximum Gasteiger partial charge on any atom is 0.407 e. The van der Waals surface area contributed by atoms with E-state index in [9.17, 15) is 14.4 Å². The van der Waals surface area contributed by atoms with Crippen molar-refractivity contribution in [1.82, 2.24) is 10.6 Å². The first-order valence-electron chi connectivity index (χ1n) is 9.87. The molecule has 0 aliphatic carbocycles. The molecule has 0 saturated carbocycles. The molecule has 7 nitrogen and oxygen atoms in total. The first kappa shape index (κ1) is 23.5. The van der Waals surface area contributed by atoms with Gasteiger partial charge in [0, 0.05) is 12.5 Å². The normalized spacial score (nSPS) is 12.9. The van der Waals surface area contributed by atoms with Gasteiger partial charge in [-0.05, 0) is 24.3 Å². The number of nitrogens with one attached hydrogen (secondary N) is 2. The number of rotatable bonds is 12. The number of alkyl carbamates (subject to hydrolysis) is 1. The van der Waals surface area contributed by atoms with Gasteiger partial charge in [0.25, 0.3) is 0 Å². The van der Waals surface area contributed by atoms with Crippen molar-refractivity contribution in [2.45, 2.75) is 71.6 Å². The third-order valence-corrected chi connectivity index (χ3v) is 4.25. The third kappa shape index (κ3) is 9.94. The second kappa shape index (κ2) is 12.8. The zero-order valence-electron chi connectivity index (χ0n) is 17.1. The van der Waals surface area contributed by atoms with E-state index < -0.39 is 18.0 Å². The Morgan fingerprint density at radius 2 is 1.79 bits per heavy atom. The Morgan fingerprint density at radius 1 is 1.11 bits per heavy atom. The van der Waals surface area contributed by atoms with Crippen LogP contribution in [0.25, 0.3) is 0 Å². The second-order valence-corrected chi connectivity index (χ2v) is 7.40. The molecule has 0 aromatic heterocycles. The van der Waals surface area contributed by atoms with Gasteiger partial charge in [-0.1, -0.05) is 63.9 Å². The molecule has 0 aliphatic heterocycles. The Labute approximate surface area is 167 Å². The van der Waals surface area contributed by atoms with Crippen LogP contribution in [0, 0.1) is 5.92 Å². The Kier molecular flexibility index (Phi) is 10.7. The van der Waals surface area contributed by atoms with Crippen LogP contribution in [0.1, 0.15) is 58.4 Å². The summed E-state index contributed by atoms with van der Waals surface area (Å²) in [5.74, 6) is -0.578. The molecule has 1 rings (SSSR count). The number of primary amides is 1. The van der Waals surface area contributed by atoms with Gasteiger partial charge in [-0.25, -0.2) is 4.79 Å². The van der Waals surface area contributed by atoms with Crippen molar-refractivity contribution in [3.05, 3.63) is 35.9 Å². The summed E-state index contributed by atoms with van der Waals surface area (Å²) in [6.07, 6.45) is 2.33. The van der Waals surface area contributed by atoms with Gasteiger partial charge in [-0.2, -0.15) is 0 Å². The predicted octanol–water partition coefficient (Wildman–Crippen LogP) is 2.88. The van der Waals surface area contributed by atoms with Gasteiger partial charge in [0.05, 0.1) is 0 Å². The van der Waals surface area contributed by atoms with Crippen molar-refractivity contribution in [3.8, 4) is 0 Å². The average Bonchev–Trinajstić information content (AvgIpc) is 2.63. The van der Waals surface area contributed by atoms with Gasteiger partial charge < -0.3 is 21.1 Å². The van der Waals surface area contributed by atoms with E-state index in [0.717, 1.165) is 18.4 Å². The fraction of sp³-hybridized carbons (Fsp3) is 0.571. The van der Waals surface area contributed by atoms with Crippen molar-refractivity contribution < 1.29 is 19.1 Å². The molecule has 156 valence electrons. The van der Waals surface area contributed by atoms with E-state index in [1.807, 2.05) is 51.1 Å². The van der Waals surface area contributed by atoms with E-state index in [1.165, 1.54) is 0 Å². The van der Waals surface area contributed by atoms with Crippen molar-refractivity contribution >= 4 is 17.9 Å². The van der Waals surface area contributed by atoms with Crippen LogP contribution >= 0.6 is 0 Å². The Bertz CT molecular complexity index is 619. The van der Waals surface area contributed by atoms with Gasteiger partial charge >= 0.3 is 6.09 Å². The lowest BCUT2D eigenvalue weighted by Crippen LogP contribution is -2.47. The Morgan fingerprint density at radius 3 is 2.36 bits per heavy atom. The van der Waals surface area contributed by atoms with Gasteiger partial charge in [0.15, 0.2) is 0 Å². The zero-order chi connectivity index (χ0) is 20.9. The van der Waals surface area contributed by atoms with E-state index in [4.69, 9.17) is 10.5 Å². The summed E-state index contributed by atoms with van der Waals surface area (Å²) in [6.45, 7) is 6.18. The average molecular weight is 392 g/mol. The molecule has 1 aromatic rings. The summed E-state index contributed by atoms with van der Waals surface area (Å²) in [4.78, 5) is 36.0. The van der Waals surface area contributed by atoms with E-state index in [-0.39, 0.29) is 30.9 Å². The number of hydrogen-bond acceptors (Lipinski definition) is 4. The molecule has 0 radical (unpaired) electrons. The maximum absolute atomic E-state index is 12.4. The highest BCUT2D eigenvalue weighted by molar-refractivity contribution is 5.86. The standard InChI is InChI=1S/C21H33N3O4/c1-4-5-11-18(20(22)26)24-19(25)13-17(12-15(2)3)23-21(27)28-14-16-9-7-6-8-10-16/h6-10,15,17-18H,4-5,11-14H2,1-3H3,(H2,22,26)(H,23,27)(H,24,25)/t17-,18+/m0/s1. The molecule has 0 aliphatic rings. The molecule has 0 bridgehead atoms. The Hall–Kier alpha value is -2.57. The van der Waals surface area contributed by atoms with Crippen LogP contribution in [0.15, 0.2) is 30.3 Å². The summed E-state index contributed by atoms with van der Waals surface area (Å²) < 4.78 is 5.24. The highest BCUT2D eigenvalue weighted by Crippen LogP contribution is 2.10. The van der Waals surface area contributed by atoms with E-state index in [0.29, 0.717) is 12.8 Å². The van der Waals surface area contributed by atoms with Crippen LogP contribution in [0.5, 0.6) is 0 Å². The molecule has 4 N–H and O–H groups in total. The largest absolute Gasteiger partial charge is 0.445 e. The van der Waals surface area contributed by atoms with E-state index in [2.05, 4.69) is 10.6 Å². The molecule has 0 spiro atoms. The number of nitrogens with two attached hydrogens (primary N) is 1. The summed E-state index contributed by atoms with van der Waals surface area (Å²) in [5, 5.41) is 5.44. The second-order valence-electron chi connectivity index (χ2n) is 7.40. The molecule has 0 saturated heterocycles. The smallest absolute Gasteiger partial charge is 0.407 e. The first-order chi connectivity index (χ1) is 13.3. The first-order valence-corrected chi connectivity index (χ1v) is 9.87. The molecule has 28 heavy (non-hydrogen) atoms.